The van der Waals surface area contributed by atoms with Crippen LogP contribution >= 0.6 is 0 Å². The highest BCUT2D eigenvalue weighted by atomic mass is 19.1. The quantitative estimate of drug-likeness (QED) is 0.801. The van der Waals surface area contributed by atoms with Crippen LogP contribution in [0, 0.1) is 30.9 Å². The minimum atomic E-state index is -1.40. The van der Waals surface area contributed by atoms with Crippen LogP contribution in [0.25, 0.3) is 0 Å². The highest BCUT2D eigenvalue weighted by molar-refractivity contribution is 5.89. The fraction of sp³-hybridized carbons (Fsp3) is 0.182. The number of carbonyl (C=O) groups is 1. The number of terminal acetylenes is 1. The summed E-state index contributed by atoms with van der Waals surface area (Å²) in [7, 11) is 0. The molecule has 0 radical (unpaired) electrons. The van der Waals surface area contributed by atoms with Gasteiger partial charge < -0.3 is 9.84 Å². The van der Waals surface area contributed by atoms with E-state index in [4.69, 9.17) is 11.5 Å². The molecule has 0 saturated carbocycles. The van der Waals surface area contributed by atoms with E-state index in [1.54, 1.807) is 0 Å². The summed E-state index contributed by atoms with van der Waals surface area (Å²) < 4.78 is 31.4. The molecule has 5 heteroatoms. The van der Waals surface area contributed by atoms with Crippen molar-refractivity contribution < 1.29 is 23.4 Å². The number of hydrogen-bond donors (Lipinski definition) is 1. The molecule has 0 bridgehead atoms. The van der Waals surface area contributed by atoms with Crippen molar-refractivity contribution in [2.45, 2.75) is 6.92 Å². The van der Waals surface area contributed by atoms with E-state index in [9.17, 15) is 13.6 Å². The van der Waals surface area contributed by atoms with Gasteiger partial charge in [0.25, 0.3) is 0 Å². The standard InChI is InChI=1S/C11H8F2O3/c1-3-4-16-10-8(12)5-7(11(14)15)6(2)9(10)13/h1,5H,4H2,2H3,(H,14,15). The fourth-order valence-electron chi connectivity index (χ4n) is 1.16. The van der Waals surface area contributed by atoms with Crippen molar-refractivity contribution in [1.82, 2.24) is 0 Å². The maximum atomic E-state index is 13.5. The molecule has 84 valence electrons. The molecular weight excluding hydrogens is 218 g/mol. The lowest BCUT2D eigenvalue weighted by Crippen LogP contribution is -2.07. The van der Waals surface area contributed by atoms with E-state index in [1.165, 1.54) is 6.92 Å². The van der Waals surface area contributed by atoms with Crippen molar-refractivity contribution in [2.24, 2.45) is 0 Å². The molecule has 3 nitrogen and oxygen atoms in total. The number of carboxylic acid groups (broad SMARTS) is 1. The maximum absolute atomic E-state index is 13.5. The highest BCUT2D eigenvalue weighted by Crippen LogP contribution is 2.27. The smallest absolute Gasteiger partial charge is 0.336 e. The molecule has 0 unspecified atom stereocenters. The van der Waals surface area contributed by atoms with Gasteiger partial charge in [-0.25, -0.2) is 13.6 Å². The third kappa shape index (κ3) is 2.11. The van der Waals surface area contributed by atoms with Gasteiger partial charge in [0.1, 0.15) is 6.61 Å². The Hall–Kier alpha value is -2.09. The average Bonchev–Trinajstić information content (AvgIpc) is 2.23. The molecule has 0 spiro atoms. The Morgan fingerprint density at radius 2 is 2.25 bits per heavy atom. The van der Waals surface area contributed by atoms with Crippen LogP contribution in [0.4, 0.5) is 8.78 Å². The van der Waals surface area contributed by atoms with Crippen LogP contribution in [0.3, 0.4) is 0 Å². The molecule has 1 N–H and O–H groups in total. The lowest BCUT2D eigenvalue weighted by molar-refractivity contribution is 0.0694. The first kappa shape index (κ1) is 12.0. The summed E-state index contributed by atoms with van der Waals surface area (Å²) in [6.07, 6.45) is 4.88. The monoisotopic (exact) mass is 226 g/mol. The van der Waals surface area contributed by atoms with Gasteiger partial charge in [-0.3, -0.25) is 0 Å². The molecule has 0 atom stereocenters. The van der Waals surface area contributed by atoms with Gasteiger partial charge in [-0.05, 0) is 13.0 Å². The number of aromatic carboxylic acids is 1. The van der Waals surface area contributed by atoms with Gasteiger partial charge in [0.15, 0.2) is 17.4 Å². The average molecular weight is 226 g/mol. The molecule has 1 aromatic carbocycles. The topological polar surface area (TPSA) is 46.5 Å². The maximum Gasteiger partial charge on any atom is 0.336 e. The summed E-state index contributed by atoms with van der Waals surface area (Å²) in [6, 6.07) is 0.701. The van der Waals surface area contributed by atoms with Crippen LogP contribution in [0.15, 0.2) is 6.07 Å². The van der Waals surface area contributed by atoms with Crippen molar-refractivity contribution in [3.05, 3.63) is 28.8 Å². The molecule has 0 aromatic heterocycles. The van der Waals surface area contributed by atoms with E-state index >= 15 is 0 Å². The van der Waals surface area contributed by atoms with Crippen LogP contribution in [-0.2, 0) is 0 Å². The molecule has 0 aliphatic carbocycles. The molecular formula is C11H8F2O3. The predicted octanol–water partition coefficient (Wildman–Crippen LogP) is 1.98. The Morgan fingerprint density at radius 1 is 1.62 bits per heavy atom. The van der Waals surface area contributed by atoms with Gasteiger partial charge >= 0.3 is 5.97 Å². The Labute approximate surface area is 90.7 Å². The van der Waals surface area contributed by atoms with Gasteiger partial charge in [0.2, 0.25) is 0 Å². The Bertz CT molecular complexity index is 475. The van der Waals surface area contributed by atoms with Crippen molar-refractivity contribution in [2.75, 3.05) is 6.61 Å². The number of rotatable bonds is 3. The zero-order valence-electron chi connectivity index (χ0n) is 8.38. The highest BCUT2D eigenvalue weighted by Gasteiger charge is 2.20. The minimum absolute atomic E-state index is 0.194. The molecule has 1 rings (SSSR count). The summed E-state index contributed by atoms with van der Waals surface area (Å²) >= 11 is 0. The number of carboxylic acids is 1. The van der Waals surface area contributed by atoms with Crippen LogP contribution in [0.5, 0.6) is 5.75 Å². The normalized spacial score (nSPS) is 9.62. The minimum Gasteiger partial charge on any atom is -0.478 e. The second-order valence-electron chi connectivity index (χ2n) is 2.97. The summed E-state index contributed by atoms with van der Waals surface area (Å²) in [5, 5.41) is 8.68. The zero-order chi connectivity index (χ0) is 12.3. The summed E-state index contributed by atoms with van der Waals surface area (Å²) in [6.45, 7) is 0.931. The molecule has 0 saturated heterocycles. The number of ether oxygens (including phenoxy) is 1. The first-order valence-electron chi connectivity index (χ1n) is 4.27. The molecule has 0 aliphatic rings. The van der Waals surface area contributed by atoms with Gasteiger partial charge in [-0.1, -0.05) is 5.92 Å². The molecule has 0 aliphatic heterocycles. The van der Waals surface area contributed by atoms with E-state index in [0.717, 1.165) is 0 Å². The Balaban J connectivity index is 3.29. The first-order chi connectivity index (χ1) is 7.49. The van der Waals surface area contributed by atoms with Crippen molar-refractivity contribution in [1.29, 1.82) is 0 Å². The lowest BCUT2D eigenvalue weighted by Gasteiger charge is -2.09. The lowest BCUT2D eigenvalue weighted by atomic mass is 10.1. The fourth-order valence-corrected chi connectivity index (χ4v) is 1.16. The van der Waals surface area contributed by atoms with Crippen LogP contribution in [0.1, 0.15) is 15.9 Å². The summed E-state index contributed by atoms with van der Waals surface area (Å²) in [5.41, 5.74) is -0.635. The Morgan fingerprint density at radius 3 is 2.75 bits per heavy atom. The van der Waals surface area contributed by atoms with Crippen molar-refractivity contribution in [3.8, 4) is 18.1 Å². The molecule has 0 heterocycles. The number of benzene rings is 1. The van der Waals surface area contributed by atoms with Gasteiger partial charge in [0, 0.05) is 5.56 Å². The van der Waals surface area contributed by atoms with Crippen molar-refractivity contribution in [3.63, 3.8) is 0 Å². The van der Waals surface area contributed by atoms with Crippen LogP contribution in [-0.4, -0.2) is 17.7 Å². The van der Waals surface area contributed by atoms with E-state index in [2.05, 4.69) is 10.7 Å². The van der Waals surface area contributed by atoms with E-state index in [0.29, 0.717) is 6.07 Å². The molecule has 0 amide bonds. The van der Waals surface area contributed by atoms with Gasteiger partial charge in [0.05, 0.1) is 5.56 Å². The predicted molar refractivity (Wildman–Crippen MR) is 52.4 cm³/mol. The van der Waals surface area contributed by atoms with Gasteiger partial charge in [-0.2, -0.15) is 0 Å². The van der Waals surface area contributed by atoms with Gasteiger partial charge in [-0.15, -0.1) is 6.42 Å². The SMILES string of the molecule is C#CCOc1c(F)cc(C(=O)O)c(C)c1F. The molecule has 16 heavy (non-hydrogen) atoms. The number of halogens is 2. The summed E-state index contributed by atoms with van der Waals surface area (Å²) in [4.78, 5) is 10.6. The van der Waals surface area contributed by atoms with Crippen molar-refractivity contribution >= 4 is 5.97 Å². The third-order valence-electron chi connectivity index (χ3n) is 1.95. The largest absolute Gasteiger partial charge is 0.478 e. The van der Waals surface area contributed by atoms with E-state index in [-0.39, 0.29) is 12.2 Å². The first-order valence-corrected chi connectivity index (χ1v) is 4.27. The molecule has 1 aromatic rings. The van der Waals surface area contributed by atoms with Crippen LogP contribution < -0.4 is 4.74 Å². The third-order valence-corrected chi connectivity index (χ3v) is 1.95. The Kier molecular flexibility index (Phi) is 3.46. The zero-order valence-corrected chi connectivity index (χ0v) is 8.38. The second kappa shape index (κ2) is 4.62. The molecule has 0 fully saturated rings. The number of hydrogen-bond acceptors (Lipinski definition) is 2. The van der Waals surface area contributed by atoms with Crippen LogP contribution in [0.2, 0.25) is 0 Å². The van der Waals surface area contributed by atoms with E-state index in [1.807, 2.05) is 0 Å². The van der Waals surface area contributed by atoms with E-state index < -0.39 is 28.9 Å². The second-order valence-corrected chi connectivity index (χ2v) is 2.97. The summed E-state index contributed by atoms with van der Waals surface area (Å²) in [5.74, 6) is -2.14.